The van der Waals surface area contributed by atoms with Gasteiger partial charge in [-0.3, -0.25) is 9.69 Å². The summed E-state index contributed by atoms with van der Waals surface area (Å²) in [5.41, 5.74) is 1.18. The molecule has 1 N–H and O–H groups in total. The van der Waals surface area contributed by atoms with E-state index in [-0.39, 0.29) is 11.2 Å². The summed E-state index contributed by atoms with van der Waals surface area (Å²) >= 11 is 1.34. The van der Waals surface area contributed by atoms with Crippen molar-refractivity contribution in [2.75, 3.05) is 31.5 Å². The van der Waals surface area contributed by atoms with E-state index in [1.165, 1.54) is 45.0 Å². The smallest absolute Gasteiger partial charge is 0.322 e. The molecule has 1 aliphatic rings. The third kappa shape index (κ3) is 5.35. The highest BCUT2D eigenvalue weighted by Gasteiger charge is 2.34. The lowest BCUT2D eigenvalue weighted by Gasteiger charge is -2.34. The molecule has 12 heteroatoms. The first kappa shape index (κ1) is 24.9. The van der Waals surface area contributed by atoms with E-state index in [1.807, 2.05) is 31.2 Å². The molecule has 2 amide bonds. The number of benzene rings is 2. The van der Waals surface area contributed by atoms with Crippen molar-refractivity contribution in [1.29, 1.82) is 0 Å². The van der Waals surface area contributed by atoms with Crippen LogP contribution in [-0.4, -0.2) is 56.6 Å². The Labute approximate surface area is 214 Å². The predicted octanol–water partition coefficient (Wildman–Crippen LogP) is 4.49. The molecule has 5 rings (SSSR count). The van der Waals surface area contributed by atoms with Crippen molar-refractivity contribution in [3.63, 3.8) is 0 Å². The SMILES string of the molecule is Cc1ccccc1-c1nn2c(=O)cc(CN3CCN(C(=O)Nc4ccccc4C(F)(F)F)CC3)nc2s1. The van der Waals surface area contributed by atoms with Gasteiger partial charge in [0.25, 0.3) is 5.56 Å². The summed E-state index contributed by atoms with van der Waals surface area (Å²) in [6.45, 7) is 4.05. The molecule has 1 aliphatic heterocycles. The van der Waals surface area contributed by atoms with Crippen LogP contribution in [0.1, 0.15) is 16.8 Å². The fourth-order valence-electron chi connectivity index (χ4n) is 4.23. The van der Waals surface area contributed by atoms with Crippen LogP contribution in [0.3, 0.4) is 0 Å². The van der Waals surface area contributed by atoms with Crippen molar-refractivity contribution in [1.82, 2.24) is 24.4 Å². The van der Waals surface area contributed by atoms with Crippen LogP contribution in [-0.2, 0) is 12.7 Å². The molecule has 37 heavy (non-hydrogen) atoms. The number of amides is 2. The lowest BCUT2D eigenvalue weighted by molar-refractivity contribution is -0.136. The summed E-state index contributed by atoms with van der Waals surface area (Å²) in [5.74, 6) is 0. The lowest BCUT2D eigenvalue weighted by atomic mass is 10.1. The number of aryl methyl sites for hydroxylation is 1. The van der Waals surface area contributed by atoms with E-state index < -0.39 is 17.8 Å². The van der Waals surface area contributed by atoms with Crippen LogP contribution >= 0.6 is 11.3 Å². The molecule has 0 aliphatic carbocycles. The summed E-state index contributed by atoms with van der Waals surface area (Å²) in [4.78, 5) is 34.0. The number of para-hydroxylation sites is 1. The van der Waals surface area contributed by atoms with Crippen molar-refractivity contribution in [3.8, 4) is 10.6 Å². The third-order valence-electron chi connectivity index (χ3n) is 6.19. The van der Waals surface area contributed by atoms with Gasteiger partial charge in [0.15, 0.2) is 0 Å². The minimum Gasteiger partial charge on any atom is -0.322 e. The fraction of sp³-hybridized carbons (Fsp3) is 0.280. The second-order valence-corrected chi connectivity index (χ2v) is 9.69. The number of hydrogen-bond donors (Lipinski definition) is 1. The Kier molecular flexibility index (Phi) is 6.69. The monoisotopic (exact) mass is 528 g/mol. The Morgan fingerprint density at radius 3 is 2.49 bits per heavy atom. The molecule has 0 bridgehead atoms. The van der Waals surface area contributed by atoms with E-state index in [9.17, 15) is 22.8 Å². The minimum atomic E-state index is -4.56. The van der Waals surface area contributed by atoms with Crippen LogP contribution in [0.4, 0.5) is 23.7 Å². The van der Waals surface area contributed by atoms with Crippen LogP contribution in [0, 0.1) is 6.92 Å². The molecule has 0 saturated carbocycles. The molecule has 0 spiro atoms. The molecule has 192 valence electrons. The van der Waals surface area contributed by atoms with Crippen molar-refractivity contribution in [3.05, 3.63) is 81.8 Å². The van der Waals surface area contributed by atoms with Crippen LogP contribution in [0.15, 0.2) is 59.4 Å². The molecule has 1 saturated heterocycles. The van der Waals surface area contributed by atoms with Gasteiger partial charge in [0, 0.05) is 44.4 Å². The van der Waals surface area contributed by atoms with E-state index in [0.717, 1.165) is 17.2 Å². The topological polar surface area (TPSA) is 82.8 Å². The van der Waals surface area contributed by atoms with Gasteiger partial charge in [0.1, 0.15) is 5.01 Å². The van der Waals surface area contributed by atoms with Gasteiger partial charge in [0.2, 0.25) is 4.96 Å². The zero-order valence-corrected chi connectivity index (χ0v) is 20.6. The molecule has 0 atom stereocenters. The number of halogens is 3. The lowest BCUT2D eigenvalue weighted by Crippen LogP contribution is -2.49. The number of carbonyl (C=O) groups excluding carboxylic acids is 1. The quantitative estimate of drug-likeness (QED) is 0.422. The number of nitrogens with one attached hydrogen (secondary N) is 1. The van der Waals surface area contributed by atoms with Gasteiger partial charge in [0.05, 0.1) is 16.9 Å². The molecule has 3 heterocycles. The van der Waals surface area contributed by atoms with Gasteiger partial charge in [-0.1, -0.05) is 47.7 Å². The standard InChI is InChI=1S/C25H23F3N6O2S/c1-16-6-2-3-7-18(16)22-31-34-21(35)14-17(29-24(34)37-22)15-32-10-12-33(13-11-32)23(36)30-20-9-5-4-8-19(20)25(26,27)28/h2-9,14H,10-13,15H2,1H3,(H,30,36). The third-order valence-corrected chi connectivity index (χ3v) is 7.13. The van der Waals surface area contributed by atoms with Crippen LogP contribution in [0.2, 0.25) is 0 Å². The van der Waals surface area contributed by atoms with Crippen molar-refractivity contribution < 1.29 is 18.0 Å². The number of rotatable bonds is 4. The normalized spacial score (nSPS) is 14.8. The van der Waals surface area contributed by atoms with Gasteiger partial charge >= 0.3 is 12.2 Å². The Bertz CT molecular complexity index is 1510. The number of nitrogens with zero attached hydrogens (tertiary/aromatic N) is 5. The van der Waals surface area contributed by atoms with Crippen LogP contribution in [0.25, 0.3) is 15.5 Å². The first-order valence-electron chi connectivity index (χ1n) is 11.6. The number of alkyl halides is 3. The van der Waals surface area contributed by atoms with E-state index in [1.54, 1.807) is 0 Å². The molecule has 0 unspecified atom stereocenters. The molecule has 4 aromatic rings. The summed E-state index contributed by atoms with van der Waals surface area (Å²) in [6.07, 6.45) is -4.56. The largest absolute Gasteiger partial charge is 0.418 e. The van der Waals surface area contributed by atoms with Crippen LogP contribution in [0.5, 0.6) is 0 Å². The summed E-state index contributed by atoms with van der Waals surface area (Å²) in [6, 6.07) is 13.6. The van der Waals surface area contributed by atoms with E-state index in [0.29, 0.717) is 48.4 Å². The van der Waals surface area contributed by atoms with E-state index >= 15 is 0 Å². The van der Waals surface area contributed by atoms with Crippen molar-refractivity contribution in [2.24, 2.45) is 0 Å². The van der Waals surface area contributed by atoms with Gasteiger partial charge in [-0.25, -0.2) is 9.78 Å². The number of anilines is 1. The maximum atomic E-state index is 13.2. The molecule has 0 radical (unpaired) electrons. The molecule has 2 aromatic carbocycles. The minimum absolute atomic E-state index is 0.266. The van der Waals surface area contributed by atoms with Gasteiger partial charge in [-0.05, 0) is 24.6 Å². The Hall–Kier alpha value is -3.77. The number of urea groups is 1. The zero-order valence-electron chi connectivity index (χ0n) is 19.8. The molecular formula is C25H23F3N6O2S. The number of piperazine rings is 1. The van der Waals surface area contributed by atoms with Gasteiger partial charge < -0.3 is 10.2 Å². The van der Waals surface area contributed by atoms with E-state index in [2.05, 4.69) is 20.3 Å². The average Bonchev–Trinajstić information content (AvgIpc) is 3.29. The first-order valence-corrected chi connectivity index (χ1v) is 12.4. The van der Waals surface area contributed by atoms with Gasteiger partial charge in [-0.2, -0.15) is 22.8 Å². The summed E-state index contributed by atoms with van der Waals surface area (Å²) in [5, 5.41) is 7.54. The number of fused-ring (bicyclic) bond motifs is 1. The van der Waals surface area contributed by atoms with E-state index in [4.69, 9.17) is 0 Å². The van der Waals surface area contributed by atoms with Gasteiger partial charge in [-0.15, -0.1) is 0 Å². The predicted molar refractivity (Wildman–Crippen MR) is 135 cm³/mol. The summed E-state index contributed by atoms with van der Waals surface area (Å²) in [7, 11) is 0. The molecule has 1 fully saturated rings. The number of hydrogen-bond acceptors (Lipinski definition) is 6. The zero-order chi connectivity index (χ0) is 26.2. The Morgan fingerprint density at radius 1 is 1.05 bits per heavy atom. The highest BCUT2D eigenvalue weighted by atomic mass is 32.1. The van der Waals surface area contributed by atoms with Crippen molar-refractivity contribution >= 4 is 28.0 Å². The second-order valence-electron chi connectivity index (χ2n) is 8.74. The number of carbonyl (C=O) groups is 1. The molecule has 2 aromatic heterocycles. The first-order chi connectivity index (χ1) is 17.7. The Balaban J connectivity index is 1.24. The summed E-state index contributed by atoms with van der Waals surface area (Å²) < 4.78 is 41.0. The fourth-order valence-corrected chi connectivity index (χ4v) is 5.25. The average molecular weight is 529 g/mol. The maximum Gasteiger partial charge on any atom is 0.418 e. The molecule has 8 nitrogen and oxygen atoms in total. The highest BCUT2D eigenvalue weighted by molar-refractivity contribution is 7.19. The van der Waals surface area contributed by atoms with Crippen LogP contribution < -0.4 is 10.9 Å². The maximum absolute atomic E-state index is 13.2. The molecular weight excluding hydrogens is 505 g/mol. The second kappa shape index (κ2) is 9.94. The van der Waals surface area contributed by atoms with Crippen molar-refractivity contribution in [2.45, 2.75) is 19.6 Å². The highest BCUT2D eigenvalue weighted by Crippen LogP contribution is 2.34. The Morgan fingerprint density at radius 2 is 1.76 bits per heavy atom. The number of aromatic nitrogens is 3.